The molecule has 4 nitrogen and oxygen atoms in total. The highest BCUT2D eigenvalue weighted by Gasteiger charge is 2.02. The van der Waals surface area contributed by atoms with Crippen LogP contribution in [0.25, 0.3) is 0 Å². The fraction of sp³-hybridized carbons (Fsp3) is 0.273. The number of amides is 1. The van der Waals surface area contributed by atoms with Crippen molar-refractivity contribution in [3.8, 4) is 0 Å². The van der Waals surface area contributed by atoms with Crippen LogP contribution in [0.5, 0.6) is 0 Å². The first-order valence-corrected chi connectivity index (χ1v) is 6.06. The average molecular weight is 256 g/mol. The molecule has 1 rings (SSSR count). The van der Waals surface area contributed by atoms with Crippen molar-refractivity contribution in [2.75, 3.05) is 16.8 Å². The van der Waals surface area contributed by atoms with Crippen molar-refractivity contribution in [3.63, 3.8) is 0 Å². The number of carbonyl (C=O) groups is 2. The van der Waals surface area contributed by atoms with Crippen LogP contribution in [0.1, 0.15) is 6.42 Å². The minimum atomic E-state index is -1.14. The highest BCUT2D eigenvalue weighted by molar-refractivity contribution is 7.99. The predicted octanol–water partition coefficient (Wildman–Crippen LogP) is 0.637. The van der Waals surface area contributed by atoms with E-state index in [9.17, 15) is 19.1 Å². The first-order chi connectivity index (χ1) is 8.08. The lowest BCUT2D eigenvalue weighted by molar-refractivity contribution is -0.301. The van der Waals surface area contributed by atoms with Gasteiger partial charge in [0.1, 0.15) is 5.82 Å². The van der Waals surface area contributed by atoms with E-state index in [1.807, 2.05) is 0 Å². The second-order valence-corrected chi connectivity index (χ2v) is 4.33. The maximum atomic E-state index is 12.6. The molecular formula is C11H11FNO3S-. The third kappa shape index (κ3) is 5.91. The summed E-state index contributed by atoms with van der Waals surface area (Å²) < 4.78 is 12.6. The van der Waals surface area contributed by atoms with Gasteiger partial charge in [0, 0.05) is 23.6 Å². The zero-order valence-electron chi connectivity index (χ0n) is 8.94. The maximum Gasteiger partial charge on any atom is 0.225 e. The van der Waals surface area contributed by atoms with E-state index in [0.29, 0.717) is 11.4 Å². The molecule has 1 N–H and O–H groups in total. The van der Waals surface area contributed by atoms with Gasteiger partial charge in [-0.3, -0.25) is 4.79 Å². The quantitative estimate of drug-likeness (QED) is 0.758. The molecule has 0 aromatic heterocycles. The minimum absolute atomic E-state index is 0.121. The van der Waals surface area contributed by atoms with Gasteiger partial charge >= 0.3 is 0 Å². The molecule has 0 aliphatic rings. The van der Waals surface area contributed by atoms with Crippen molar-refractivity contribution >= 4 is 29.3 Å². The highest BCUT2D eigenvalue weighted by atomic mass is 32.2. The van der Waals surface area contributed by atoms with E-state index in [1.54, 1.807) is 0 Å². The number of thioether (sulfide) groups is 1. The molecular weight excluding hydrogens is 245 g/mol. The summed E-state index contributed by atoms with van der Waals surface area (Å²) in [6.45, 7) is 0. The summed E-state index contributed by atoms with van der Waals surface area (Å²) in [6, 6.07) is 5.42. The molecule has 0 heterocycles. The molecule has 1 aromatic carbocycles. The molecule has 92 valence electrons. The van der Waals surface area contributed by atoms with Crippen LogP contribution in [0.4, 0.5) is 10.1 Å². The van der Waals surface area contributed by atoms with E-state index >= 15 is 0 Å². The van der Waals surface area contributed by atoms with Gasteiger partial charge in [-0.25, -0.2) is 4.39 Å². The highest BCUT2D eigenvalue weighted by Crippen LogP contribution is 2.09. The molecule has 0 aliphatic heterocycles. The van der Waals surface area contributed by atoms with E-state index in [4.69, 9.17) is 0 Å². The second-order valence-electron chi connectivity index (χ2n) is 3.23. The number of halogens is 1. The summed E-state index contributed by atoms with van der Waals surface area (Å²) in [5.74, 6) is -1.46. The van der Waals surface area contributed by atoms with Gasteiger partial charge in [0.05, 0.1) is 5.97 Å². The number of hydrogen-bond donors (Lipinski definition) is 1. The Morgan fingerprint density at radius 1 is 1.29 bits per heavy atom. The molecule has 0 atom stereocenters. The third-order valence-corrected chi connectivity index (χ3v) is 2.75. The summed E-state index contributed by atoms with van der Waals surface area (Å²) in [4.78, 5) is 21.5. The molecule has 0 unspecified atom stereocenters. The summed E-state index contributed by atoms with van der Waals surface area (Å²) in [7, 11) is 0. The van der Waals surface area contributed by atoms with E-state index in [-0.39, 0.29) is 23.9 Å². The smallest absolute Gasteiger partial charge is 0.225 e. The van der Waals surface area contributed by atoms with Gasteiger partial charge in [-0.1, -0.05) is 0 Å². The van der Waals surface area contributed by atoms with Gasteiger partial charge < -0.3 is 15.2 Å². The number of anilines is 1. The first-order valence-electron chi connectivity index (χ1n) is 4.91. The fourth-order valence-corrected chi connectivity index (χ4v) is 1.72. The number of aliphatic carboxylic acids is 1. The lowest BCUT2D eigenvalue weighted by atomic mass is 10.3. The molecule has 0 spiro atoms. The minimum Gasteiger partial charge on any atom is -0.549 e. The molecule has 1 aromatic rings. The Hall–Kier alpha value is -1.56. The summed E-state index contributed by atoms with van der Waals surface area (Å²) in [5, 5.41) is 12.7. The third-order valence-electron chi connectivity index (χ3n) is 1.82. The lowest BCUT2D eigenvalue weighted by Crippen LogP contribution is -2.24. The zero-order chi connectivity index (χ0) is 12.7. The van der Waals surface area contributed by atoms with Crippen LogP contribution >= 0.6 is 11.8 Å². The number of hydrogen-bond acceptors (Lipinski definition) is 4. The van der Waals surface area contributed by atoms with Crippen molar-refractivity contribution in [1.29, 1.82) is 0 Å². The van der Waals surface area contributed by atoms with Gasteiger partial charge in [0.2, 0.25) is 5.91 Å². The maximum absolute atomic E-state index is 12.6. The number of benzene rings is 1. The molecule has 0 aliphatic carbocycles. The van der Waals surface area contributed by atoms with Crippen molar-refractivity contribution < 1.29 is 19.1 Å². The Bertz CT molecular complexity index is 394. The van der Waals surface area contributed by atoms with Crippen LogP contribution in [-0.2, 0) is 9.59 Å². The molecule has 17 heavy (non-hydrogen) atoms. The topological polar surface area (TPSA) is 69.2 Å². The monoisotopic (exact) mass is 256 g/mol. The standard InChI is InChI=1S/C11H12FNO3S/c12-8-1-3-9(4-2-8)13-10(14)5-6-17-7-11(15)16/h1-4H,5-7H2,(H,13,14)(H,15,16)/p-1. The molecule has 0 fully saturated rings. The molecule has 1 amide bonds. The van der Waals surface area contributed by atoms with E-state index in [2.05, 4.69) is 5.32 Å². The molecule has 0 saturated heterocycles. The Balaban J connectivity index is 2.25. The molecule has 0 radical (unpaired) electrons. The zero-order valence-corrected chi connectivity index (χ0v) is 9.76. The van der Waals surface area contributed by atoms with Crippen LogP contribution in [0, 0.1) is 5.82 Å². The van der Waals surface area contributed by atoms with Crippen molar-refractivity contribution in [2.45, 2.75) is 6.42 Å². The van der Waals surface area contributed by atoms with Crippen molar-refractivity contribution in [1.82, 2.24) is 0 Å². The van der Waals surface area contributed by atoms with E-state index in [1.165, 1.54) is 24.3 Å². The van der Waals surface area contributed by atoms with Crippen molar-refractivity contribution in [3.05, 3.63) is 30.1 Å². The molecule has 6 heteroatoms. The van der Waals surface area contributed by atoms with Gasteiger partial charge in [-0.2, -0.15) is 11.8 Å². The Kier molecular flexibility index (Phi) is 5.48. The average Bonchev–Trinajstić information content (AvgIpc) is 2.27. The predicted molar refractivity (Wildman–Crippen MR) is 62.0 cm³/mol. The SMILES string of the molecule is O=C([O-])CSCCC(=O)Nc1ccc(F)cc1. The Morgan fingerprint density at radius 2 is 1.94 bits per heavy atom. The van der Waals surface area contributed by atoms with Crippen LogP contribution in [0.2, 0.25) is 0 Å². The fourth-order valence-electron chi connectivity index (χ4n) is 1.08. The number of carboxylic acid groups (broad SMARTS) is 1. The van der Waals surface area contributed by atoms with Gasteiger partial charge in [-0.15, -0.1) is 0 Å². The lowest BCUT2D eigenvalue weighted by Gasteiger charge is -2.05. The summed E-state index contributed by atoms with van der Waals surface area (Å²) in [5.41, 5.74) is 0.515. The second kappa shape index (κ2) is 6.90. The number of carboxylic acids is 1. The number of carbonyl (C=O) groups excluding carboxylic acids is 2. The number of nitrogens with one attached hydrogen (secondary N) is 1. The normalized spacial score (nSPS) is 9.94. The molecule has 0 saturated carbocycles. The number of rotatable bonds is 6. The van der Waals surface area contributed by atoms with Crippen LogP contribution in [0.3, 0.4) is 0 Å². The van der Waals surface area contributed by atoms with E-state index in [0.717, 1.165) is 11.8 Å². The Morgan fingerprint density at radius 3 is 2.53 bits per heavy atom. The van der Waals surface area contributed by atoms with Crippen molar-refractivity contribution in [2.24, 2.45) is 0 Å². The summed E-state index contributed by atoms with van der Waals surface area (Å²) in [6.07, 6.45) is 0.204. The molecule has 0 bridgehead atoms. The van der Waals surface area contributed by atoms with Gasteiger partial charge in [0.15, 0.2) is 0 Å². The summed E-state index contributed by atoms with van der Waals surface area (Å²) >= 11 is 1.12. The Labute approximate surface area is 102 Å². The first kappa shape index (κ1) is 13.5. The van der Waals surface area contributed by atoms with Crippen LogP contribution in [-0.4, -0.2) is 23.4 Å². The van der Waals surface area contributed by atoms with Crippen LogP contribution < -0.4 is 10.4 Å². The van der Waals surface area contributed by atoms with Gasteiger partial charge in [-0.05, 0) is 24.3 Å². The van der Waals surface area contributed by atoms with E-state index < -0.39 is 5.97 Å². The van der Waals surface area contributed by atoms with Crippen LogP contribution in [0.15, 0.2) is 24.3 Å². The van der Waals surface area contributed by atoms with Gasteiger partial charge in [0.25, 0.3) is 0 Å². The largest absolute Gasteiger partial charge is 0.549 e.